The number of tetrazole rings is 1. The maximum atomic E-state index is 15.7. The Morgan fingerprint density at radius 1 is 0.763 bits per heavy atom. The SMILES string of the molecule is COc1ccc(CN(Cc2ccc(OC)cc2)S(=O)(=O)c2c(S(=O)(=O)NCCNC(=O)O)ccc(-c3cccc(N)c3)c2-c2nnn(Cc3ccc(OC)cc3)n2)cc1. The van der Waals surface area contributed by atoms with Crippen molar-refractivity contribution in [2.45, 2.75) is 29.4 Å². The van der Waals surface area contributed by atoms with E-state index in [4.69, 9.17) is 25.1 Å². The Balaban J connectivity index is 1.60. The van der Waals surface area contributed by atoms with Crippen LogP contribution in [0.1, 0.15) is 16.7 Å². The highest BCUT2D eigenvalue weighted by molar-refractivity contribution is 7.92. The van der Waals surface area contributed by atoms with Crippen LogP contribution in [0, 0.1) is 0 Å². The molecule has 5 aromatic carbocycles. The lowest BCUT2D eigenvalue weighted by molar-refractivity contribution is 0.194. The second-order valence-corrected chi connectivity index (χ2v) is 16.6. The second kappa shape index (κ2) is 18.4. The molecule has 19 heteroatoms. The Labute approximate surface area is 341 Å². The summed E-state index contributed by atoms with van der Waals surface area (Å²) < 4.78 is 79.4. The van der Waals surface area contributed by atoms with E-state index in [0.717, 1.165) is 9.87 Å². The minimum Gasteiger partial charge on any atom is -0.497 e. The number of nitrogens with one attached hydrogen (secondary N) is 2. The molecule has 0 atom stereocenters. The molecule has 17 nitrogen and oxygen atoms in total. The van der Waals surface area contributed by atoms with Gasteiger partial charge in [-0.1, -0.05) is 54.6 Å². The van der Waals surface area contributed by atoms with Crippen LogP contribution in [0.2, 0.25) is 0 Å². The number of carbonyl (C=O) groups is 1. The largest absolute Gasteiger partial charge is 0.497 e. The normalized spacial score (nSPS) is 11.7. The van der Waals surface area contributed by atoms with E-state index >= 15 is 8.42 Å². The van der Waals surface area contributed by atoms with Crippen molar-refractivity contribution < 1.29 is 40.9 Å². The van der Waals surface area contributed by atoms with E-state index in [2.05, 4.69) is 25.4 Å². The molecule has 0 aliphatic heterocycles. The third-order valence-electron chi connectivity index (χ3n) is 9.10. The Morgan fingerprint density at radius 2 is 1.32 bits per heavy atom. The van der Waals surface area contributed by atoms with Gasteiger partial charge in [-0.3, -0.25) is 0 Å². The quantitative estimate of drug-likeness (QED) is 0.0686. The number of sulfonamides is 2. The van der Waals surface area contributed by atoms with Crippen LogP contribution in [0.5, 0.6) is 17.2 Å². The van der Waals surface area contributed by atoms with Gasteiger partial charge in [0.05, 0.1) is 33.4 Å². The van der Waals surface area contributed by atoms with E-state index in [1.165, 1.54) is 31.1 Å². The lowest BCUT2D eigenvalue weighted by Crippen LogP contribution is -2.36. The first-order valence-electron chi connectivity index (χ1n) is 18.0. The van der Waals surface area contributed by atoms with Gasteiger partial charge in [0.15, 0.2) is 0 Å². The monoisotopic (exact) mass is 842 g/mol. The van der Waals surface area contributed by atoms with Crippen LogP contribution in [0.25, 0.3) is 22.5 Å². The van der Waals surface area contributed by atoms with Gasteiger partial charge in [0, 0.05) is 31.9 Å². The van der Waals surface area contributed by atoms with Crippen LogP contribution >= 0.6 is 0 Å². The van der Waals surface area contributed by atoms with Gasteiger partial charge in [0.1, 0.15) is 27.0 Å². The number of nitrogens with zero attached hydrogens (tertiary/aromatic N) is 5. The van der Waals surface area contributed by atoms with Gasteiger partial charge in [-0.05, 0) is 87.6 Å². The van der Waals surface area contributed by atoms with Crippen molar-refractivity contribution in [1.29, 1.82) is 0 Å². The van der Waals surface area contributed by atoms with Gasteiger partial charge in [0.25, 0.3) is 0 Å². The molecular weight excluding hydrogens is 801 g/mol. The molecule has 59 heavy (non-hydrogen) atoms. The number of hydrogen-bond acceptors (Lipinski definition) is 12. The number of hydrogen-bond donors (Lipinski definition) is 4. The van der Waals surface area contributed by atoms with Gasteiger partial charge in [-0.2, -0.15) is 9.10 Å². The fourth-order valence-corrected chi connectivity index (χ4v) is 9.60. The Hall–Kier alpha value is -6.54. The zero-order valence-electron chi connectivity index (χ0n) is 32.3. The first kappa shape index (κ1) is 42.1. The van der Waals surface area contributed by atoms with E-state index < -0.39 is 42.5 Å². The van der Waals surface area contributed by atoms with Crippen molar-refractivity contribution in [1.82, 2.24) is 34.6 Å². The maximum absolute atomic E-state index is 15.7. The van der Waals surface area contributed by atoms with Crippen molar-refractivity contribution >= 4 is 31.8 Å². The lowest BCUT2D eigenvalue weighted by Gasteiger charge is -2.26. The summed E-state index contributed by atoms with van der Waals surface area (Å²) in [5.74, 6) is 1.56. The summed E-state index contributed by atoms with van der Waals surface area (Å²) >= 11 is 0. The molecule has 0 saturated heterocycles. The number of amides is 1. The molecule has 1 amide bonds. The van der Waals surface area contributed by atoms with Crippen LogP contribution in [0.3, 0.4) is 0 Å². The molecular formula is C40H42N8O9S2. The van der Waals surface area contributed by atoms with Crippen molar-refractivity contribution in [2.24, 2.45) is 0 Å². The number of ether oxygens (including phenoxy) is 3. The average Bonchev–Trinajstić information content (AvgIpc) is 3.70. The number of nitrogens with two attached hydrogens (primary N) is 1. The molecule has 308 valence electrons. The Kier molecular flexibility index (Phi) is 13.1. The van der Waals surface area contributed by atoms with Crippen molar-refractivity contribution in [3.8, 4) is 39.8 Å². The highest BCUT2D eigenvalue weighted by Gasteiger charge is 2.38. The first-order valence-corrected chi connectivity index (χ1v) is 20.9. The van der Waals surface area contributed by atoms with Gasteiger partial charge in [-0.25, -0.2) is 26.4 Å². The zero-order valence-corrected chi connectivity index (χ0v) is 33.9. The van der Waals surface area contributed by atoms with Gasteiger partial charge < -0.3 is 30.4 Å². The zero-order chi connectivity index (χ0) is 42.2. The Bertz CT molecular complexity index is 2570. The predicted octanol–water partition coefficient (Wildman–Crippen LogP) is 4.60. The highest BCUT2D eigenvalue weighted by Crippen LogP contribution is 2.41. The minimum absolute atomic E-state index is 0.129. The molecule has 0 unspecified atom stereocenters. The minimum atomic E-state index is -4.88. The third-order valence-corrected chi connectivity index (χ3v) is 12.6. The average molecular weight is 843 g/mol. The van der Waals surface area contributed by atoms with E-state index in [9.17, 15) is 13.2 Å². The summed E-state index contributed by atoms with van der Waals surface area (Å²) in [5, 5.41) is 24.4. The van der Waals surface area contributed by atoms with Crippen LogP contribution in [-0.4, -0.2) is 87.0 Å². The molecule has 6 aromatic rings. The number of benzene rings is 5. The first-order chi connectivity index (χ1) is 28.3. The van der Waals surface area contributed by atoms with Crippen LogP contribution in [0.15, 0.2) is 119 Å². The molecule has 1 heterocycles. The number of anilines is 1. The summed E-state index contributed by atoms with van der Waals surface area (Å²) in [4.78, 5) is 11.1. The molecule has 6 rings (SSSR count). The smallest absolute Gasteiger partial charge is 0.404 e. The highest BCUT2D eigenvalue weighted by atomic mass is 32.2. The van der Waals surface area contributed by atoms with Crippen LogP contribution in [-0.2, 0) is 39.7 Å². The molecule has 0 aliphatic carbocycles. The van der Waals surface area contributed by atoms with Gasteiger partial charge >= 0.3 is 6.09 Å². The third kappa shape index (κ3) is 10.1. The fraction of sp³-hybridized carbons (Fsp3) is 0.200. The molecule has 5 N–H and O–H groups in total. The second-order valence-electron chi connectivity index (χ2n) is 13.0. The maximum Gasteiger partial charge on any atom is 0.404 e. The molecule has 0 bridgehead atoms. The van der Waals surface area contributed by atoms with Gasteiger partial charge in [-0.15, -0.1) is 10.2 Å². The predicted molar refractivity (Wildman–Crippen MR) is 219 cm³/mol. The summed E-state index contributed by atoms with van der Waals surface area (Å²) in [7, 11) is -5.00. The van der Waals surface area contributed by atoms with Gasteiger partial charge in [0.2, 0.25) is 25.9 Å². The summed E-state index contributed by atoms with van der Waals surface area (Å²) in [6.45, 7) is -0.962. The van der Waals surface area contributed by atoms with Crippen molar-refractivity contribution in [3.05, 3.63) is 126 Å². The molecule has 0 saturated carbocycles. The number of carboxylic acid groups (broad SMARTS) is 1. The number of methoxy groups -OCH3 is 3. The molecule has 1 aromatic heterocycles. The number of rotatable bonds is 18. The summed E-state index contributed by atoms with van der Waals surface area (Å²) in [6, 6.07) is 30.0. The molecule has 0 spiro atoms. The van der Waals surface area contributed by atoms with Crippen LogP contribution < -0.4 is 30.0 Å². The Morgan fingerprint density at radius 3 is 1.85 bits per heavy atom. The summed E-state index contributed by atoms with van der Waals surface area (Å²) in [6.07, 6.45) is -1.36. The standard InChI is InChI=1S/C40H42N8O9S2/c1-55-32-13-7-27(8-14-32)24-47(25-28-9-15-33(56-2)16-10-28)59(53,54)38-36(58(51,52)43-22-21-42-40(49)50)20-19-35(30-5-4-6-31(41)23-30)37(38)39-44-46-48(45-39)26-29-11-17-34(57-3)18-12-29/h4-20,23,42-43H,21-22,24-26,41H2,1-3H3,(H,49,50). The van der Waals surface area contributed by atoms with E-state index in [1.54, 1.807) is 92.0 Å². The van der Waals surface area contributed by atoms with E-state index in [0.29, 0.717) is 39.6 Å². The number of aromatic nitrogens is 4. The molecule has 0 aliphatic rings. The van der Waals surface area contributed by atoms with E-state index in [1.807, 2.05) is 12.1 Å². The van der Waals surface area contributed by atoms with Crippen molar-refractivity contribution in [2.75, 3.05) is 40.2 Å². The molecule has 0 fully saturated rings. The topological polar surface area (TPSA) is 230 Å². The van der Waals surface area contributed by atoms with Crippen molar-refractivity contribution in [3.63, 3.8) is 0 Å². The molecule has 0 radical (unpaired) electrons. The summed E-state index contributed by atoms with van der Waals surface area (Å²) in [5.41, 5.74) is 9.04. The number of nitrogen functional groups attached to an aromatic ring is 1. The lowest BCUT2D eigenvalue weighted by atomic mass is 9.98. The van der Waals surface area contributed by atoms with E-state index in [-0.39, 0.29) is 43.1 Å². The van der Waals surface area contributed by atoms with Crippen LogP contribution in [0.4, 0.5) is 10.5 Å². The fourth-order valence-electron chi connectivity index (χ4n) is 6.16.